The van der Waals surface area contributed by atoms with Crippen molar-refractivity contribution in [1.29, 1.82) is 0 Å². The van der Waals surface area contributed by atoms with Crippen molar-refractivity contribution in [3.8, 4) is 0 Å². The van der Waals surface area contributed by atoms with E-state index in [0.717, 1.165) is 5.69 Å². The minimum atomic E-state index is -0.239. The minimum Gasteiger partial charge on any atom is -0.396 e. The number of rotatable bonds is 5. The molecule has 2 N–H and O–H groups in total. The molecular weight excluding hydrogens is 220 g/mol. The number of aryl methyl sites for hydroxylation is 1. The van der Waals surface area contributed by atoms with Gasteiger partial charge in [0.2, 0.25) is 5.91 Å². The van der Waals surface area contributed by atoms with E-state index >= 15 is 0 Å². The van der Waals surface area contributed by atoms with Crippen LogP contribution in [-0.2, 0) is 17.8 Å². The van der Waals surface area contributed by atoms with Gasteiger partial charge in [-0.25, -0.2) is 4.68 Å². The van der Waals surface area contributed by atoms with Crippen molar-refractivity contribution in [2.24, 2.45) is 0 Å². The van der Waals surface area contributed by atoms with E-state index in [1.54, 1.807) is 6.20 Å². The monoisotopic (exact) mass is 240 g/mol. The van der Waals surface area contributed by atoms with E-state index in [0.29, 0.717) is 12.8 Å². The van der Waals surface area contributed by atoms with Gasteiger partial charge >= 0.3 is 0 Å². The predicted octanol–water partition coefficient (Wildman–Crippen LogP) is 0.118. The van der Waals surface area contributed by atoms with Gasteiger partial charge in [-0.1, -0.05) is 5.21 Å². The molecule has 96 valence electrons. The van der Waals surface area contributed by atoms with E-state index < -0.39 is 0 Å². The molecule has 0 aliphatic carbocycles. The van der Waals surface area contributed by atoms with Gasteiger partial charge in [-0.3, -0.25) is 4.79 Å². The molecule has 0 fully saturated rings. The molecule has 1 heterocycles. The maximum Gasteiger partial charge on any atom is 0.242 e. The topological polar surface area (TPSA) is 80.0 Å². The number of carbonyl (C=O) groups is 1. The highest BCUT2D eigenvalue weighted by molar-refractivity contribution is 5.76. The highest BCUT2D eigenvalue weighted by Crippen LogP contribution is 2.00. The van der Waals surface area contributed by atoms with Crippen LogP contribution in [0.1, 0.15) is 32.9 Å². The minimum absolute atomic E-state index is 0.0869. The Kier molecular flexibility index (Phi) is 4.62. The Bertz CT molecular complexity index is 368. The first-order valence-electron chi connectivity index (χ1n) is 5.71. The van der Waals surface area contributed by atoms with E-state index in [9.17, 15) is 4.79 Å². The van der Waals surface area contributed by atoms with Gasteiger partial charge in [-0.05, 0) is 33.6 Å². The molecule has 6 heteroatoms. The van der Waals surface area contributed by atoms with Crippen LogP contribution in [0.15, 0.2) is 6.20 Å². The van der Waals surface area contributed by atoms with Crippen LogP contribution in [0.25, 0.3) is 0 Å². The van der Waals surface area contributed by atoms with Crippen LogP contribution in [0, 0.1) is 0 Å². The SMILES string of the molecule is CC(C)(C)NC(=O)Cn1cc(CCCO)nn1. The summed E-state index contributed by atoms with van der Waals surface area (Å²) < 4.78 is 1.51. The maximum absolute atomic E-state index is 11.6. The second-order valence-electron chi connectivity index (χ2n) is 5.03. The number of hydrogen-bond acceptors (Lipinski definition) is 4. The standard InChI is InChI=1S/C11H20N4O2/c1-11(2,3)12-10(17)8-15-7-9(13-14-15)5-4-6-16/h7,16H,4-6,8H2,1-3H3,(H,12,17). The molecular formula is C11H20N4O2. The number of aliphatic hydroxyl groups is 1. The highest BCUT2D eigenvalue weighted by Gasteiger charge is 2.14. The average molecular weight is 240 g/mol. The van der Waals surface area contributed by atoms with Crippen LogP contribution in [0.4, 0.5) is 0 Å². The number of amides is 1. The number of aromatic nitrogens is 3. The third-order valence-corrected chi connectivity index (χ3v) is 2.00. The van der Waals surface area contributed by atoms with Crippen molar-refractivity contribution in [1.82, 2.24) is 20.3 Å². The molecule has 0 saturated carbocycles. The summed E-state index contributed by atoms with van der Waals surface area (Å²) in [7, 11) is 0. The van der Waals surface area contributed by atoms with E-state index in [1.807, 2.05) is 20.8 Å². The number of carbonyl (C=O) groups excluding carboxylic acids is 1. The molecule has 6 nitrogen and oxygen atoms in total. The fraction of sp³-hybridized carbons (Fsp3) is 0.727. The molecule has 1 rings (SSSR count). The summed E-state index contributed by atoms with van der Waals surface area (Å²) >= 11 is 0. The Balaban J connectivity index is 2.46. The van der Waals surface area contributed by atoms with E-state index in [1.165, 1.54) is 4.68 Å². The second-order valence-corrected chi connectivity index (χ2v) is 5.03. The van der Waals surface area contributed by atoms with Gasteiger partial charge in [-0.15, -0.1) is 5.10 Å². The largest absolute Gasteiger partial charge is 0.396 e. The summed E-state index contributed by atoms with van der Waals surface area (Å²) in [4.78, 5) is 11.6. The third kappa shape index (κ3) is 5.44. The van der Waals surface area contributed by atoms with Crippen LogP contribution in [0.5, 0.6) is 0 Å². The van der Waals surface area contributed by atoms with Gasteiger partial charge in [0.1, 0.15) is 6.54 Å². The van der Waals surface area contributed by atoms with Gasteiger partial charge < -0.3 is 10.4 Å². The maximum atomic E-state index is 11.6. The Morgan fingerprint density at radius 1 is 1.53 bits per heavy atom. The molecule has 0 bridgehead atoms. The van der Waals surface area contributed by atoms with Crippen molar-refractivity contribution >= 4 is 5.91 Å². The summed E-state index contributed by atoms with van der Waals surface area (Å²) in [5.41, 5.74) is 0.555. The van der Waals surface area contributed by atoms with Crippen LogP contribution < -0.4 is 5.32 Å². The summed E-state index contributed by atoms with van der Waals surface area (Å²) in [6.07, 6.45) is 3.07. The fourth-order valence-electron chi connectivity index (χ4n) is 1.40. The summed E-state index contributed by atoms with van der Waals surface area (Å²) in [5, 5.41) is 19.3. The van der Waals surface area contributed by atoms with E-state index in [-0.39, 0.29) is 24.6 Å². The average Bonchev–Trinajstić information content (AvgIpc) is 2.59. The highest BCUT2D eigenvalue weighted by atomic mass is 16.2. The normalized spacial score (nSPS) is 11.5. The molecule has 0 spiro atoms. The zero-order chi connectivity index (χ0) is 12.9. The van der Waals surface area contributed by atoms with Gasteiger partial charge in [0.05, 0.1) is 5.69 Å². The van der Waals surface area contributed by atoms with Gasteiger partial charge in [0.25, 0.3) is 0 Å². The smallest absolute Gasteiger partial charge is 0.242 e. The third-order valence-electron chi connectivity index (χ3n) is 2.00. The fourth-order valence-corrected chi connectivity index (χ4v) is 1.40. The van der Waals surface area contributed by atoms with Gasteiger partial charge in [-0.2, -0.15) is 0 Å². The lowest BCUT2D eigenvalue weighted by atomic mass is 10.1. The Morgan fingerprint density at radius 2 is 2.24 bits per heavy atom. The number of aliphatic hydroxyl groups excluding tert-OH is 1. The Morgan fingerprint density at radius 3 is 2.82 bits per heavy atom. The lowest BCUT2D eigenvalue weighted by Gasteiger charge is -2.20. The summed E-state index contributed by atoms with van der Waals surface area (Å²) in [5.74, 6) is -0.0869. The Hall–Kier alpha value is -1.43. The molecule has 0 saturated heterocycles. The van der Waals surface area contributed by atoms with Crippen LogP contribution in [0.2, 0.25) is 0 Å². The summed E-state index contributed by atoms with van der Waals surface area (Å²) in [6, 6.07) is 0. The molecule has 1 aromatic rings. The van der Waals surface area contributed by atoms with Crippen molar-refractivity contribution in [2.45, 2.75) is 45.7 Å². The lowest BCUT2D eigenvalue weighted by Crippen LogP contribution is -2.42. The van der Waals surface area contributed by atoms with E-state index in [2.05, 4.69) is 15.6 Å². The van der Waals surface area contributed by atoms with Crippen molar-refractivity contribution < 1.29 is 9.90 Å². The first-order chi connectivity index (χ1) is 7.90. The molecule has 0 unspecified atom stereocenters. The van der Waals surface area contributed by atoms with Gasteiger partial charge in [0.15, 0.2) is 0 Å². The number of nitrogens with one attached hydrogen (secondary N) is 1. The molecule has 1 aromatic heterocycles. The summed E-state index contributed by atoms with van der Waals surface area (Å²) in [6.45, 7) is 6.09. The second kappa shape index (κ2) is 5.77. The molecule has 0 aliphatic rings. The quantitative estimate of drug-likeness (QED) is 0.766. The van der Waals surface area contributed by atoms with Crippen molar-refractivity contribution in [3.63, 3.8) is 0 Å². The molecule has 0 atom stereocenters. The molecule has 1 amide bonds. The molecule has 0 radical (unpaired) electrons. The zero-order valence-electron chi connectivity index (χ0n) is 10.6. The number of nitrogens with zero attached hydrogens (tertiary/aromatic N) is 3. The first-order valence-corrected chi connectivity index (χ1v) is 5.71. The Labute approximate surface area is 101 Å². The van der Waals surface area contributed by atoms with Crippen LogP contribution in [0.3, 0.4) is 0 Å². The molecule has 0 aromatic carbocycles. The molecule has 17 heavy (non-hydrogen) atoms. The van der Waals surface area contributed by atoms with Crippen molar-refractivity contribution in [3.05, 3.63) is 11.9 Å². The molecule has 0 aliphatic heterocycles. The first kappa shape index (κ1) is 13.6. The zero-order valence-corrected chi connectivity index (χ0v) is 10.6. The van der Waals surface area contributed by atoms with Crippen molar-refractivity contribution in [2.75, 3.05) is 6.61 Å². The van der Waals surface area contributed by atoms with Crippen LogP contribution in [-0.4, -0.2) is 38.2 Å². The predicted molar refractivity (Wildman–Crippen MR) is 63.3 cm³/mol. The van der Waals surface area contributed by atoms with Gasteiger partial charge in [0, 0.05) is 18.3 Å². The number of hydrogen-bond donors (Lipinski definition) is 2. The van der Waals surface area contributed by atoms with Crippen LogP contribution >= 0.6 is 0 Å². The lowest BCUT2D eigenvalue weighted by molar-refractivity contribution is -0.123. The van der Waals surface area contributed by atoms with E-state index in [4.69, 9.17) is 5.11 Å².